The van der Waals surface area contributed by atoms with Crippen LogP contribution in [0.25, 0.3) is 11.0 Å². The number of ether oxygens (including phenoxy) is 1. The van der Waals surface area contributed by atoms with Crippen LogP contribution in [0.15, 0.2) is 48.5 Å². The molecular formula is C24H31N3O. The van der Waals surface area contributed by atoms with E-state index in [1.165, 1.54) is 44.1 Å². The number of fused-ring (bicyclic) bond motifs is 1. The number of aromatic amines is 1. The molecule has 1 atom stereocenters. The standard InChI is InChI=1S/C24H31N3O/c1-18(15-19-9-3-2-4-10-19)25-16-20-11-5-8-14-23(20)28-17-24-26-21-12-6-7-13-22(21)27-24/h5-8,11-14,18-19,25H,2-4,9-10,15-17H2,1H3,(H,26,27)/t18-/m0/s1. The third-order valence-electron chi connectivity index (χ3n) is 5.83. The van der Waals surface area contributed by atoms with Crippen molar-refractivity contribution >= 4 is 11.0 Å². The Morgan fingerprint density at radius 2 is 1.86 bits per heavy atom. The van der Waals surface area contributed by atoms with Crippen molar-refractivity contribution < 1.29 is 4.74 Å². The third-order valence-corrected chi connectivity index (χ3v) is 5.83. The molecule has 1 heterocycles. The van der Waals surface area contributed by atoms with Gasteiger partial charge in [-0.25, -0.2) is 4.98 Å². The van der Waals surface area contributed by atoms with E-state index in [4.69, 9.17) is 4.74 Å². The van der Waals surface area contributed by atoms with Gasteiger partial charge in [-0.1, -0.05) is 62.4 Å². The zero-order valence-corrected chi connectivity index (χ0v) is 16.8. The van der Waals surface area contributed by atoms with Crippen LogP contribution in [0, 0.1) is 5.92 Å². The lowest BCUT2D eigenvalue weighted by Crippen LogP contribution is -2.28. The summed E-state index contributed by atoms with van der Waals surface area (Å²) in [4.78, 5) is 7.93. The molecule has 148 valence electrons. The number of H-pyrrole nitrogens is 1. The van der Waals surface area contributed by atoms with Crippen molar-refractivity contribution in [3.8, 4) is 5.75 Å². The number of hydrogen-bond donors (Lipinski definition) is 2. The van der Waals surface area contributed by atoms with Crippen molar-refractivity contribution in [3.05, 3.63) is 59.9 Å². The van der Waals surface area contributed by atoms with Crippen molar-refractivity contribution in [1.82, 2.24) is 15.3 Å². The minimum absolute atomic E-state index is 0.448. The average Bonchev–Trinajstić information content (AvgIpc) is 3.15. The minimum atomic E-state index is 0.448. The lowest BCUT2D eigenvalue weighted by molar-refractivity contribution is 0.289. The van der Waals surface area contributed by atoms with Gasteiger partial charge in [0, 0.05) is 18.2 Å². The summed E-state index contributed by atoms with van der Waals surface area (Å²) in [5.74, 6) is 2.69. The van der Waals surface area contributed by atoms with Crippen molar-refractivity contribution in [2.45, 2.75) is 64.6 Å². The highest BCUT2D eigenvalue weighted by Crippen LogP contribution is 2.27. The Morgan fingerprint density at radius 1 is 1.07 bits per heavy atom. The number of benzene rings is 2. The Balaban J connectivity index is 1.32. The van der Waals surface area contributed by atoms with E-state index in [9.17, 15) is 0 Å². The number of hydrogen-bond acceptors (Lipinski definition) is 3. The SMILES string of the molecule is C[C@@H](CC1CCCCC1)NCc1ccccc1OCc1nc2ccccc2[nH]1. The monoisotopic (exact) mass is 377 g/mol. The number of para-hydroxylation sites is 3. The normalized spacial score (nSPS) is 16.3. The van der Waals surface area contributed by atoms with E-state index in [0.717, 1.165) is 35.1 Å². The van der Waals surface area contributed by atoms with E-state index >= 15 is 0 Å². The first-order valence-electron chi connectivity index (χ1n) is 10.7. The van der Waals surface area contributed by atoms with E-state index in [0.29, 0.717) is 12.6 Å². The molecule has 1 saturated carbocycles. The van der Waals surface area contributed by atoms with Crippen LogP contribution in [0.4, 0.5) is 0 Å². The fourth-order valence-electron chi connectivity index (χ4n) is 4.30. The van der Waals surface area contributed by atoms with E-state index in [1.54, 1.807) is 0 Å². The Bertz CT molecular complexity index is 849. The topological polar surface area (TPSA) is 49.9 Å². The van der Waals surface area contributed by atoms with E-state index in [-0.39, 0.29) is 0 Å². The maximum Gasteiger partial charge on any atom is 0.146 e. The second-order valence-electron chi connectivity index (χ2n) is 8.12. The molecule has 4 heteroatoms. The molecule has 28 heavy (non-hydrogen) atoms. The highest BCUT2D eigenvalue weighted by molar-refractivity contribution is 5.74. The second kappa shape index (κ2) is 9.24. The summed E-state index contributed by atoms with van der Waals surface area (Å²) in [6.07, 6.45) is 8.34. The van der Waals surface area contributed by atoms with Gasteiger partial charge >= 0.3 is 0 Å². The molecular weight excluding hydrogens is 346 g/mol. The van der Waals surface area contributed by atoms with Crippen LogP contribution in [-0.4, -0.2) is 16.0 Å². The summed E-state index contributed by atoms with van der Waals surface area (Å²) in [5, 5.41) is 3.70. The fourth-order valence-corrected chi connectivity index (χ4v) is 4.30. The number of nitrogens with zero attached hydrogens (tertiary/aromatic N) is 1. The molecule has 0 saturated heterocycles. The average molecular weight is 378 g/mol. The summed E-state index contributed by atoms with van der Waals surface area (Å²) in [6, 6.07) is 16.9. The fraction of sp³-hybridized carbons (Fsp3) is 0.458. The summed E-state index contributed by atoms with van der Waals surface area (Å²) in [6.45, 7) is 3.60. The molecule has 4 rings (SSSR count). The van der Waals surface area contributed by atoms with Crippen molar-refractivity contribution in [2.75, 3.05) is 0 Å². The van der Waals surface area contributed by atoms with Gasteiger partial charge < -0.3 is 15.0 Å². The number of rotatable bonds is 8. The van der Waals surface area contributed by atoms with E-state index < -0.39 is 0 Å². The first kappa shape index (κ1) is 19.0. The second-order valence-corrected chi connectivity index (χ2v) is 8.12. The summed E-state index contributed by atoms with van der Waals surface area (Å²) >= 11 is 0. The minimum Gasteiger partial charge on any atom is -0.485 e. The Morgan fingerprint density at radius 3 is 2.71 bits per heavy atom. The van der Waals surface area contributed by atoms with Crippen LogP contribution in [0.2, 0.25) is 0 Å². The van der Waals surface area contributed by atoms with E-state index in [2.05, 4.69) is 34.3 Å². The van der Waals surface area contributed by atoms with Crippen LogP contribution in [-0.2, 0) is 13.2 Å². The predicted molar refractivity (Wildman–Crippen MR) is 114 cm³/mol. The quantitative estimate of drug-likeness (QED) is 0.538. The molecule has 1 aromatic heterocycles. The van der Waals surface area contributed by atoms with Crippen LogP contribution in [0.3, 0.4) is 0 Å². The van der Waals surface area contributed by atoms with Crippen molar-refractivity contribution in [3.63, 3.8) is 0 Å². The molecule has 0 aliphatic heterocycles. The first-order valence-corrected chi connectivity index (χ1v) is 10.7. The highest BCUT2D eigenvalue weighted by Gasteiger charge is 2.16. The Labute approximate surface area is 167 Å². The molecule has 3 aromatic rings. The molecule has 2 N–H and O–H groups in total. The van der Waals surface area contributed by atoms with Crippen molar-refractivity contribution in [2.24, 2.45) is 5.92 Å². The van der Waals surface area contributed by atoms with Gasteiger partial charge in [-0.3, -0.25) is 0 Å². The molecule has 1 fully saturated rings. The molecule has 0 bridgehead atoms. The van der Waals surface area contributed by atoms with Gasteiger partial charge in [0.15, 0.2) is 0 Å². The number of nitrogens with one attached hydrogen (secondary N) is 2. The van der Waals surface area contributed by atoms with Gasteiger partial charge in [-0.2, -0.15) is 0 Å². The maximum atomic E-state index is 6.10. The molecule has 0 radical (unpaired) electrons. The molecule has 0 amide bonds. The van der Waals surface area contributed by atoms with Crippen LogP contribution in [0.1, 0.15) is 56.8 Å². The zero-order valence-electron chi connectivity index (χ0n) is 16.8. The highest BCUT2D eigenvalue weighted by atomic mass is 16.5. The first-order chi connectivity index (χ1) is 13.8. The molecule has 1 aliphatic rings. The van der Waals surface area contributed by atoms with Crippen LogP contribution < -0.4 is 10.1 Å². The molecule has 0 spiro atoms. The number of imidazole rings is 1. The molecule has 2 aromatic carbocycles. The van der Waals surface area contributed by atoms with Gasteiger partial charge in [0.2, 0.25) is 0 Å². The van der Waals surface area contributed by atoms with Gasteiger partial charge in [0.05, 0.1) is 11.0 Å². The van der Waals surface area contributed by atoms with Gasteiger partial charge in [-0.15, -0.1) is 0 Å². The summed E-state index contributed by atoms with van der Waals surface area (Å²) < 4.78 is 6.10. The summed E-state index contributed by atoms with van der Waals surface area (Å²) in [5.41, 5.74) is 3.23. The van der Waals surface area contributed by atoms with Crippen LogP contribution >= 0.6 is 0 Å². The van der Waals surface area contributed by atoms with E-state index in [1.807, 2.05) is 36.4 Å². The third kappa shape index (κ3) is 4.93. The Hall–Kier alpha value is -2.33. The predicted octanol–water partition coefficient (Wildman–Crippen LogP) is 5.59. The zero-order chi connectivity index (χ0) is 19.2. The summed E-state index contributed by atoms with van der Waals surface area (Å²) in [7, 11) is 0. The van der Waals surface area contributed by atoms with Gasteiger partial charge in [-0.05, 0) is 37.5 Å². The molecule has 4 nitrogen and oxygen atoms in total. The number of aromatic nitrogens is 2. The Kier molecular flexibility index (Phi) is 6.27. The van der Waals surface area contributed by atoms with Crippen LogP contribution in [0.5, 0.6) is 5.75 Å². The maximum absolute atomic E-state index is 6.10. The molecule has 0 unspecified atom stereocenters. The molecule has 1 aliphatic carbocycles. The smallest absolute Gasteiger partial charge is 0.146 e. The van der Waals surface area contributed by atoms with Gasteiger partial charge in [0.25, 0.3) is 0 Å². The lowest BCUT2D eigenvalue weighted by atomic mass is 9.85. The lowest BCUT2D eigenvalue weighted by Gasteiger charge is -2.25. The largest absolute Gasteiger partial charge is 0.485 e. The van der Waals surface area contributed by atoms with Crippen molar-refractivity contribution in [1.29, 1.82) is 0 Å². The van der Waals surface area contributed by atoms with Gasteiger partial charge in [0.1, 0.15) is 18.2 Å².